The average molecular weight is 238 g/mol. The first-order valence-electron chi connectivity index (χ1n) is 5.04. The van der Waals surface area contributed by atoms with E-state index in [2.05, 4.69) is 4.72 Å². The van der Waals surface area contributed by atoms with Gasteiger partial charge in [-0.05, 0) is 20.0 Å². The van der Waals surface area contributed by atoms with Crippen molar-refractivity contribution in [3.8, 4) is 0 Å². The van der Waals surface area contributed by atoms with E-state index >= 15 is 0 Å². The van der Waals surface area contributed by atoms with Gasteiger partial charge in [-0.15, -0.1) is 0 Å². The van der Waals surface area contributed by atoms with Gasteiger partial charge in [0.2, 0.25) is 10.0 Å². The Kier molecular flexibility index (Phi) is 6.35. The van der Waals surface area contributed by atoms with Gasteiger partial charge in [-0.1, -0.05) is 13.8 Å². The van der Waals surface area contributed by atoms with Crippen LogP contribution in [0.25, 0.3) is 0 Å². The second-order valence-corrected chi connectivity index (χ2v) is 6.15. The van der Waals surface area contributed by atoms with Gasteiger partial charge in [0, 0.05) is 12.6 Å². The molecule has 0 radical (unpaired) electrons. The Bertz CT molecular complexity index is 263. The standard InChI is InChI=1S/C9H22N2O3S/c1-8(2)9(7-11(3)4)10-15(13,14)6-5-12/h8-10,12H,5-7H2,1-4H3. The van der Waals surface area contributed by atoms with E-state index in [9.17, 15) is 8.42 Å². The number of aliphatic hydroxyl groups excluding tert-OH is 1. The highest BCUT2D eigenvalue weighted by atomic mass is 32.2. The number of hydrogen-bond donors (Lipinski definition) is 2. The van der Waals surface area contributed by atoms with Crippen molar-refractivity contribution in [3.05, 3.63) is 0 Å². The molecule has 6 heteroatoms. The molecule has 15 heavy (non-hydrogen) atoms. The maximum Gasteiger partial charge on any atom is 0.214 e. The van der Waals surface area contributed by atoms with Crippen LogP contribution >= 0.6 is 0 Å². The lowest BCUT2D eigenvalue weighted by Gasteiger charge is -2.25. The quantitative estimate of drug-likeness (QED) is 0.626. The molecule has 0 aromatic heterocycles. The average Bonchev–Trinajstić information content (AvgIpc) is 2.00. The zero-order chi connectivity index (χ0) is 12.1. The number of nitrogens with zero attached hydrogens (tertiary/aromatic N) is 1. The zero-order valence-electron chi connectivity index (χ0n) is 9.90. The van der Waals surface area contributed by atoms with Crippen LogP contribution in [-0.4, -0.2) is 57.5 Å². The van der Waals surface area contributed by atoms with Crippen LogP contribution in [0.5, 0.6) is 0 Å². The fourth-order valence-corrected chi connectivity index (χ4v) is 2.35. The molecule has 1 unspecified atom stereocenters. The van der Waals surface area contributed by atoms with Crippen molar-refractivity contribution in [1.82, 2.24) is 9.62 Å². The molecule has 2 N–H and O–H groups in total. The van der Waals surface area contributed by atoms with Gasteiger partial charge in [0.05, 0.1) is 12.4 Å². The highest BCUT2D eigenvalue weighted by Gasteiger charge is 2.20. The third kappa shape index (κ3) is 6.83. The van der Waals surface area contributed by atoms with Gasteiger partial charge < -0.3 is 10.0 Å². The number of rotatable bonds is 7. The van der Waals surface area contributed by atoms with Crippen molar-refractivity contribution >= 4 is 10.0 Å². The molecule has 0 amide bonds. The van der Waals surface area contributed by atoms with E-state index in [1.54, 1.807) is 0 Å². The predicted molar refractivity (Wildman–Crippen MR) is 61.2 cm³/mol. The van der Waals surface area contributed by atoms with Gasteiger partial charge in [-0.3, -0.25) is 0 Å². The van der Waals surface area contributed by atoms with Gasteiger partial charge in [0.15, 0.2) is 0 Å². The van der Waals surface area contributed by atoms with Gasteiger partial charge in [-0.2, -0.15) is 0 Å². The van der Waals surface area contributed by atoms with Crippen molar-refractivity contribution in [3.63, 3.8) is 0 Å². The number of sulfonamides is 1. The molecular formula is C9H22N2O3S. The summed E-state index contributed by atoms with van der Waals surface area (Å²) in [5, 5.41) is 8.61. The normalized spacial score (nSPS) is 14.9. The molecule has 0 heterocycles. The van der Waals surface area contributed by atoms with E-state index in [0.29, 0.717) is 6.54 Å². The summed E-state index contributed by atoms with van der Waals surface area (Å²) < 4.78 is 25.5. The molecule has 0 aliphatic rings. The zero-order valence-corrected chi connectivity index (χ0v) is 10.7. The van der Waals surface area contributed by atoms with Crippen molar-refractivity contribution < 1.29 is 13.5 Å². The van der Waals surface area contributed by atoms with E-state index in [4.69, 9.17) is 5.11 Å². The monoisotopic (exact) mass is 238 g/mol. The third-order valence-electron chi connectivity index (χ3n) is 2.06. The minimum atomic E-state index is -3.35. The number of likely N-dealkylation sites (N-methyl/N-ethyl adjacent to an activating group) is 1. The van der Waals surface area contributed by atoms with Gasteiger partial charge in [0.25, 0.3) is 0 Å². The lowest BCUT2D eigenvalue weighted by molar-refractivity contribution is 0.307. The molecule has 0 fully saturated rings. The summed E-state index contributed by atoms with van der Waals surface area (Å²) in [4.78, 5) is 1.94. The molecule has 0 aromatic carbocycles. The lowest BCUT2D eigenvalue weighted by Crippen LogP contribution is -2.46. The Morgan fingerprint density at radius 2 is 1.87 bits per heavy atom. The largest absolute Gasteiger partial charge is 0.395 e. The number of nitrogens with one attached hydrogen (secondary N) is 1. The third-order valence-corrected chi connectivity index (χ3v) is 3.44. The Hall–Kier alpha value is -0.170. The summed E-state index contributed by atoms with van der Waals surface area (Å²) >= 11 is 0. The van der Waals surface area contributed by atoms with E-state index in [-0.39, 0.29) is 24.3 Å². The topological polar surface area (TPSA) is 69.6 Å². The Balaban J connectivity index is 4.41. The molecule has 0 aliphatic carbocycles. The first-order valence-corrected chi connectivity index (χ1v) is 6.69. The molecule has 0 saturated carbocycles. The predicted octanol–water partition coefficient (Wildman–Crippen LogP) is -0.516. The highest BCUT2D eigenvalue weighted by molar-refractivity contribution is 7.89. The maximum atomic E-state index is 11.4. The Labute approximate surface area is 92.5 Å². The molecule has 1 atom stereocenters. The fourth-order valence-electron chi connectivity index (χ4n) is 1.19. The van der Waals surface area contributed by atoms with Crippen LogP contribution in [0.3, 0.4) is 0 Å². The number of aliphatic hydroxyl groups is 1. The first kappa shape index (κ1) is 14.8. The van der Waals surface area contributed by atoms with Crippen molar-refractivity contribution in [2.24, 2.45) is 5.92 Å². The van der Waals surface area contributed by atoms with Gasteiger partial charge >= 0.3 is 0 Å². The first-order chi connectivity index (χ1) is 6.78. The van der Waals surface area contributed by atoms with Crippen LogP contribution in [0, 0.1) is 5.92 Å². The molecule has 92 valence electrons. The van der Waals surface area contributed by atoms with Crippen LogP contribution in [-0.2, 0) is 10.0 Å². The summed E-state index contributed by atoms with van der Waals surface area (Å²) in [7, 11) is 0.449. The molecule has 0 aromatic rings. The Morgan fingerprint density at radius 3 is 2.20 bits per heavy atom. The fraction of sp³-hybridized carbons (Fsp3) is 1.00. The Morgan fingerprint density at radius 1 is 1.33 bits per heavy atom. The summed E-state index contributed by atoms with van der Waals surface area (Å²) in [5.41, 5.74) is 0. The van der Waals surface area contributed by atoms with Gasteiger partial charge in [0.1, 0.15) is 0 Å². The SMILES string of the molecule is CC(C)C(CN(C)C)NS(=O)(=O)CCO. The van der Waals surface area contributed by atoms with E-state index in [1.807, 2.05) is 32.8 Å². The maximum absolute atomic E-state index is 11.4. The molecular weight excluding hydrogens is 216 g/mol. The van der Waals surface area contributed by atoms with E-state index in [0.717, 1.165) is 0 Å². The molecule has 0 rings (SSSR count). The highest BCUT2D eigenvalue weighted by Crippen LogP contribution is 2.04. The molecule has 0 saturated heterocycles. The molecule has 0 bridgehead atoms. The van der Waals surface area contributed by atoms with Crippen molar-refractivity contribution in [2.45, 2.75) is 19.9 Å². The summed E-state index contributed by atoms with van der Waals surface area (Å²) in [6, 6.07) is -0.114. The van der Waals surface area contributed by atoms with E-state index in [1.165, 1.54) is 0 Å². The van der Waals surface area contributed by atoms with Crippen molar-refractivity contribution in [1.29, 1.82) is 0 Å². The molecule has 5 nitrogen and oxygen atoms in total. The lowest BCUT2D eigenvalue weighted by atomic mass is 10.1. The minimum Gasteiger partial charge on any atom is -0.395 e. The van der Waals surface area contributed by atoms with Crippen LogP contribution in [0.15, 0.2) is 0 Å². The van der Waals surface area contributed by atoms with Crippen LogP contribution in [0.1, 0.15) is 13.8 Å². The smallest absolute Gasteiger partial charge is 0.214 e. The van der Waals surface area contributed by atoms with Crippen molar-refractivity contribution in [2.75, 3.05) is 33.0 Å². The van der Waals surface area contributed by atoms with Crippen LogP contribution in [0.4, 0.5) is 0 Å². The van der Waals surface area contributed by atoms with Gasteiger partial charge in [-0.25, -0.2) is 13.1 Å². The number of hydrogen-bond acceptors (Lipinski definition) is 4. The van der Waals surface area contributed by atoms with Crippen LogP contribution in [0.2, 0.25) is 0 Å². The summed E-state index contributed by atoms with van der Waals surface area (Å²) in [6.07, 6.45) is 0. The molecule has 0 spiro atoms. The summed E-state index contributed by atoms with van der Waals surface area (Å²) in [6.45, 7) is 4.25. The minimum absolute atomic E-state index is 0.114. The second-order valence-electron chi connectivity index (χ2n) is 4.27. The second kappa shape index (κ2) is 6.42. The van der Waals surface area contributed by atoms with E-state index < -0.39 is 10.0 Å². The molecule has 0 aliphatic heterocycles. The van der Waals surface area contributed by atoms with Crippen LogP contribution < -0.4 is 4.72 Å². The summed E-state index contributed by atoms with van der Waals surface area (Å²) in [5.74, 6) is -0.00947.